The van der Waals surface area contributed by atoms with Gasteiger partial charge in [-0.2, -0.15) is 4.31 Å². The van der Waals surface area contributed by atoms with Crippen LogP contribution in [0.4, 0.5) is 0 Å². The van der Waals surface area contributed by atoms with E-state index in [9.17, 15) is 8.42 Å². The Balaban J connectivity index is 1.58. The molecule has 3 rings (SSSR count). The highest BCUT2D eigenvalue weighted by Gasteiger charge is 2.25. The van der Waals surface area contributed by atoms with Gasteiger partial charge >= 0.3 is 0 Å². The van der Waals surface area contributed by atoms with Gasteiger partial charge in [0.25, 0.3) is 0 Å². The summed E-state index contributed by atoms with van der Waals surface area (Å²) in [7, 11) is -3.42. The highest BCUT2D eigenvalue weighted by Crippen LogP contribution is 2.17. The van der Waals surface area contributed by atoms with E-state index in [0.29, 0.717) is 37.7 Å². The van der Waals surface area contributed by atoms with Gasteiger partial charge in [0.2, 0.25) is 10.0 Å². The summed E-state index contributed by atoms with van der Waals surface area (Å²) in [6, 6.07) is 11.0. The second kappa shape index (κ2) is 7.85. The fourth-order valence-electron chi connectivity index (χ4n) is 2.57. The lowest BCUT2D eigenvalue weighted by molar-refractivity contribution is 0.0730. The maximum absolute atomic E-state index is 12.5. The zero-order valence-corrected chi connectivity index (χ0v) is 14.2. The summed E-state index contributed by atoms with van der Waals surface area (Å²) in [6.07, 6.45) is 3.57. The first kappa shape index (κ1) is 17.0. The van der Waals surface area contributed by atoms with Crippen molar-refractivity contribution in [3.8, 4) is 0 Å². The first-order valence-corrected chi connectivity index (χ1v) is 9.37. The fourth-order valence-corrected chi connectivity index (χ4v) is 3.98. The molecule has 1 aliphatic rings. The van der Waals surface area contributed by atoms with Crippen molar-refractivity contribution in [2.24, 2.45) is 0 Å². The number of hydrogen-bond donors (Lipinski definition) is 1. The molecule has 0 unspecified atom stereocenters. The monoisotopic (exact) mass is 347 g/mol. The van der Waals surface area contributed by atoms with Gasteiger partial charge in [0.1, 0.15) is 0 Å². The predicted octanol–water partition coefficient (Wildman–Crippen LogP) is 1.39. The Morgan fingerprint density at radius 3 is 2.42 bits per heavy atom. The summed E-state index contributed by atoms with van der Waals surface area (Å²) in [5.74, 6) is 0. The third-order valence-electron chi connectivity index (χ3n) is 3.91. The summed E-state index contributed by atoms with van der Waals surface area (Å²) in [5.41, 5.74) is 2.16. The van der Waals surface area contributed by atoms with Crippen molar-refractivity contribution in [3.63, 3.8) is 0 Å². The van der Waals surface area contributed by atoms with Crippen LogP contribution in [0.3, 0.4) is 0 Å². The van der Waals surface area contributed by atoms with Crippen LogP contribution in [0.1, 0.15) is 11.1 Å². The summed E-state index contributed by atoms with van der Waals surface area (Å²) >= 11 is 0. The summed E-state index contributed by atoms with van der Waals surface area (Å²) in [6.45, 7) is 3.13. The molecule has 6 nitrogen and oxygen atoms in total. The Hall–Kier alpha value is -1.80. The lowest BCUT2D eigenvalue weighted by atomic mass is 10.2. The highest BCUT2D eigenvalue weighted by molar-refractivity contribution is 7.89. The Morgan fingerprint density at radius 2 is 1.75 bits per heavy atom. The van der Waals surface area contributed by atoms with Crippen LogP contribution in [0.5, 0.6) is 0 Å². The van der Waals surface area contributed by atoms with E-state index in [1.807, 2.05) is 30.5 Å². The molecular formula is C17H21N3O3S. The Morgan fingerprint density at radius 1 is 1.04 bits per heavy atom. The van der Waals surface area contributed by atoms with Crippen LogP contribution in [0.2, 0.25) is 0 Å². The van der Waals surface area contributed by atoms with Gasteiger partial charge in [0, 0.05) is 38.6 Å². The van der Waals surface area contributed by atoms with E-state index in [1.165, 1.54) is 4.31 Å². The maximum atomic E-state index is 12.5. The zero-order chi connectivity index (χ0) is 16.8. The van der Waals surface area contributed by atoms with Crippen molar-refractivity contribution >= 4 is 10.0 Å². The number of hydrogen-bond acceptors (Lipinski definition) is 5. The molecule has 7 heteroatoms. The zero-order valence-electron chi connectivity index (χ0n) is 13.4. The molecule has 2 aromatic rings. The van der Waals surface area contributed by atoms with Crippen LogP contribution in [0.25, 0.3) is 0 Å². The van der Waals surface area contributed by atoms with E-state index in [2.05, 4.69) is 10.3 Å². The molecule has 24 heavy (non-hydrogen) atoms. The molecular weight excluding hydrogens is 326 g/mol. The minimum absolute atomic E-state index is 0.334. The van der Waals surface area contributed by atoms with Gasteiger partial charge in [-0.25, -0.2) is 8.42 Å². The van der Waals surface area contributed by atoms with Crippen molar-refractivity contribution in [1.82, 2.24) is 14.6 Å². The quantitative estimate of drug-likeness (QED) is 0.855. The molecule has 0 bridgehead atoms. The first-order chi connectivity index (χ1) is 11.7. The van der Waals surface area contributed by atoms with Crippen molar-refractivity contribution in [2.75, 3.05) is 26.3 Å². The van der Waals surface area contributed by atoms with Crippen LogP contribution in [0.15, 0.2) is 53.7 Å². The van der Waals surface area contributed by atoms with Gasteiger partial charge in [-0.15, -0.1) is 0 Å². The molecule has 0 aliphatic carbocycles. The van der Waals surface area contributed by atoms with Gasteiger partial charge in [-0.3, -0.25) is 4.98 Å². The van der Waals surface area contributed by atoms with Crippen LogP contribution in [0, 0.1) is 0 Å². The molecule has 1 aromatic heterocycles. The van der Waals surface area contributed by atoms with Crippen molar-refractivity contribution in [2.45, 2.75) is 18.0 Å². The van der Waals surface area contributed by atoms with E-state index in [-0.39, 0.29) is 0 Å². The maximum Gasteiger partial charge on any atom is 0.243 e. The Bertz CT molecular complexity index is 742. The Labute approximate surface area is 142 Å². The smallest absolute Gasteiger partial charge is 0.243 e. The number of nitrogens with one attached hydrogen (secondary N) is 1. The number of rotatable bonds is 6. The number of pyridine rings is 1. The molecule has 0 atom stereocenters. The summed E-state index contributed by atoms with van der Waals surface area (Å²) in [5, 5.41) is 3.32. The second-order valence-corrected chi connectivity index (χ2v) is 7.56. The first-order valence-electron chi connectivity index (χ1n) is 7.93. The molecule has 1 aromatic carbocycles. The third-order valence-corrected chi connectivity index (χ3v) is 5.83. The molecule has 128 valence electrons. The van der Waals surface area contributed by atoms with Gasteiger partial charge < -0.3 is 10.1 Å². The number of nitrogens with zero attached hydrogens (tertiary/aromatic N) is 2. The van der Waals surface area contributed by atoms with Gasteiger partial charge in [-0.05, 0) is 29.3 Å². The SMILES string of the molecule is O=S(=O)(c1ccc(CNCc2cccnc2)cc1)N1CCOCC1. The summed E-state index contributed by atoms with van der Waals surface area (Å²) in [4.78, 5) is 4.41. The highest BCUT2D eigenvalue weighted by atomic mass is 32.2. The fraction of sp³-hybridized carbons (Fsp3) is 0.353. The van der Waals surface area contributed by atoms with Gasteiger partial charge in [-0.1, -0.05) is 18.2 Å². The van der Waals surface area contributed by atoms with E-state index < -0.39 is 10.0 Å². The largest absolute Gasteiger partial charge is 0.379 e. The van der Waals surface area contributed by atoms with Crippen molar-refractivity contribution < 1.29 is 13.2 Å². The minimum Gasteiger partial charge on any atom is -0.379 e. The van der Waals surface area contributed by atoms with Crippen molar-refractivity contribution in [3.05, 3.63) is 59.9 Å². The molecule has 0 amide bonds. The normalized spacial score (nSPS) is 16.2. The van der Waals surface area contributed by atoms with E-state index in [4.69, 9.17) is 4.74 Å². The molecule has 1 fully saturated rings. The number of benzene rings is 1. The van der Waals surface area contributed by atoms with E-state index in [1.54, 1.807) is 18.3 Å². The molecule has 1 saturated heterocycles. The lowest BCUT2D eigenvalue weighted by Gasteiger charge is -2.26. The van der Waals surface area contributed by atoms with Crippen LogP contribution >= 0.6 is 0 Å². The average Bonchev–Trinajstić information content (AvgIpc) is 2.64. The molecule has 0 saturated carbocycles. The number of morpholine rings is 1. The number of sulfonamides is 1. The number of aromatic nitrogens is 1. The Kier molecular flexibility index (Phi) is 5.57. The average molecular weight is 347 g/mol. The minimum atomic E-state index is -3.42. The van der Waals surface area contributed by atoms with E-state index >= 15 is 0 Å². The van der Waals surface area contributed by atoms with E-state index in [0.717, 1.165) is 17.7 Å². The van der Waals surface area contributed by atoms with Crippen LogP contribution < -0.4 is 5.32 Å². The van der Waals surface area contributed by atoms with Crippen molar-refractivity contribution in [1.29, 1.82) is 0 Å². The predicted molar refractivity (Wildman–Crippen MR) is 90.8 cm³/mol. The molecule has 1 aliphatic heterocycles. The van der Waals surface area contributed by atoms with Gasteiger partial charge in [0.05, 0.1) is 18.1 Å². The lowest BCUT2D eigenvalue weighted by Crippen LogP contribution is -2.40. The third kappa shape index (κ3) is 4.18. The van der Waals surface area contributed by atoms with Crippen LogP contribution in [-0.2, 0) is 27.8 Å². The summed E-state index contributed by atoms with van der Waals surface area (Å²) < 4.78 is 31.8. The van der Waals surface area contributed by atoms with Gasteiger partial charge in [0.15, 0.2) is 0 Å². The standard InChI is InChI=1S/C17H21N3O3S/c21-24(22,20-8-10-23-11-9-20)17-5-3-15(4-6-17)12-19-14-16-2-1-7-18-13-16/h1-7,13,19H,8-12,14H2. The molecule has 0 spiro atoms. The topological polar surface area (TPSA) is 71.5 Å². The van der Waals surface area contributed by atoms with Crippen LogP contribution in [-0.4, -0.2) is 44.0 Å². The second-order valence-electron chi connectivity index (χ2n) is 5.63. The molecule has 0 radical (unpaired) electrons. The number of ether oxygens (including phenoxy) is 1. The molecule has 1 N–H and O–H groups in total. The molecule has 2 heterocycles.